The quantitative estimate of drug-likeness (QED) is 0.193. The van der Waals surface area contributed by atoms with Crippen molar-refractivity contribution in [1.82, 2.24) is 0 Å². The average Bonchev–Trinajstić information content (AvgIpc) is 3.20. The van der Waals surface area contributed by atoms with Gasteiger partial charge in [-0.25, -0.2) is 0 Å². The fourth-order valence-corrected chi connectivity index (χ4v) is 6.08. The van der Waals surface area contributed by atoms with Crippen LogP contribution in [0.4, 0.5) is 16.4 Å². The molecule has 0 saturated carbocycles. The molecule has 0 atom stereocenters. The average molecular weight is 521 g/mol. The normalized spacial score (nSPS) is 12.2. The molecule has 0 saturated heterocycles. The van der Waals surface area contributed by atoms with E-state index < -0.39 is 0 Å². The first-order valence-corrected chi connectivity index (χ1v) is 13.4. The van der Waals surface area contributed by atoms with Gasteiger partial charge in [-0.1, -0.05) is 6.07 Å². The third-order valence-corrected chi connectivity index (χ3v) is 7.95. The van der Waals surface area contributed by atoms with Crippen LogP contribution in [0.3, 0.4) is 0 Å². The first-order valence-electron chi connectivity index (χ1n) is 11.2. The second-order valence-electron chi connectivity index (χ2n) is 8.10. The molecule has 9 heteroatoms. The number of carbonyl (C=O) groups excluding carboxylic acids is 2. The Morgan fingerprint density at radius 3 is 2.54 bits per heavy atom. The number of fused-ring (bicyclic) bond motifs is 1. The lowest BCUT2D eigenvalue weighted by Gasteiger charge is -2.12. The zero-order valence-electron chi connectivity index (χ0n) is 19.1. The van der Waals surface area contributed by atoms with E-state index in [1.54, 1.807) is 24.3 Å². The number of Topliss-reactive ketones (excluding diaryl/α,β-unsaturated/α-hetero) is 1. The minimum atomic E-state index is -0.130. The SMILES string of the molecule is CC(=O)c1ccc(NC(=S)Nc2cccc(SCC(=O)Nc3sc4c(c3C#N)CCCC4)c2)cc1. The number of nitrogens with zero attached hydrogens (tertiary/aromatic N) is 1. The molecule has 0 spiro atoms. The Morgan fingerprint density at radius 2 is 1.80 bits per heavy atom. The molecule has 1 aliphatic carbocycles. The monoisotopic (exact) mass is 520 g/mol. The van der Waals surface area contributed by atoms with Gasteiger partial charge < -0.3 is 16.0 Å². The van der Waals surface area contributed by atoms with E-state index in [1.807, 2.05) is 24.3 Å². The van der Waals surface area contributed by atoms with Crippen LogP contribution in [0.25, 0.3) is 0 Å². The molecule has 3 aromatic rings. The molecule has 35 heavy (non-hydrogen) atoms. The molecule has 178 valence electrons. The summed E-state index contributed by atoms with van der Waals surface area (Å²) in [5, 5.41) is 19.9. The molecular formula is C26H24N4O2S3. The molecule has 0 bridgehead atoms. The maximum absolute atomic E-state index is 12.6. The highest BCUT2D eigenvalue weighted by atomic mass is 32.2. The summed E-state index contributed by atoms with van der Waals surface area (Å²) in [6, 6.07) is 17.0. The van der Waals surface area contributed by atoms with E-state index in [2.05, 4.69) is 22.0 Å². The summed E-state index contributed by atoms with van der Waals surface area (Å²) in [5.74, 6) is 0.122. The maximum Gasteiger partial charge on any atom is 0.235 e. The first kappa shape index (κ1) is 24.9. The lowest BCUT2D eigenvalue weighted by molar-refractivity contribution is -0.113. The Morgan fingerprint density at radius 1 is 1.06 bits per heavy atom. The number of rotatable bonds is 7. The van der Waals surface area contributed by atoms with E-state index in [-0.39, 0.29) is 17.4 Å². The van der Waals surface area contributed by atoms with Gasteiger partial charge >= 0.3 is 0 Å². The zero-order chi connectivity index (χ0) is 24.8. The Kier molecular flexibility index (Phi) is 8.18. The van der Waals surface area contributed by atoms with Gasteiger partial charge in [-0.15, -0.1) is 23.1 Å². The van der Waals surface area contributed by atoms with Crippen LogP contribution in [0.2, 0.25) is 0 Å². The third-order valence-electron chi connectivity index (χ3n) is 5.55. The van der Waals surface area contributed by atoms with Crippen LogP contribution in [0.5, 0.6) is 0 Å². The Balaban J connectivity index is 1.31. The number of hydrogen-bond donors (Lipinski definition) is 3. The van der Waals surface area contributed by atoms with Crippen LogP contribution in [0.1, 0.15) is 46.1 Å². The molecule has 1 amide bonds. The minimum Gasteiger partial charge on any atom is -0.332 e. The van der Waals surface area contributed by atoms with Crippen molar-refractivity contribution in [3.8, 4) is 6.07 Å². The van der Waals surface area contributed by atoms with Gasteiger partial charge in [0.1, 0.15) is 11.1 Å². The van der Waals surface area contributed by atoms with E-state index in [0.717, 1.165) is 47.5 Å². The molecule has 0 aliphatic heterocycles. The summed E-state index contributed by atoms with van der Waals surface area (Å²) in [4.78, 5) is 26.2. The number of nitriles is 1. The smallest absolute Gasteiger partial charge is 0.235 e. The fraction of sp³-hybridized carbons (Fsp3) is 0.231. The lowest BCUT2D eigenvalue weighted by Crippen LogP contribution is -2.19. The second-order valence-corrected chi connectivity index (χ2v) is 10.7. The lowest BCUT2D eigenvalue weighted by atomic mass is 9.96. The van der Waals surface area contributed by atoms with Crippen molar-refractivity contribution in [2.75, 3.05) is 21.7 Å². The summed E-state index contributed by atoms with van der Waals surface area (Å²) < 4.78 is 0. The van der Waals surface area contributed by atoms with Crippen molar-refractivity contribution in [3.63, 3.8) is 0 Å². The molecule has 6 nitrogen and oxygen atoms in total. The molecule has 0 radical (unpaired) electrons. The first-order chi connectivity index (χ1) is 16.9. The van der Waals surface area contributed by atoms with E-state index in [0.29, 0.717) is 21.2 Å². The van der Waals surface area contributed by atoms with Crippen molar-refractivity contribution >= 4 is 68.5 Å². The predicted octanol–water partition coefficient (Wildman–Crippen LogP) is 6.24. The predicted molar refractivity (Wildman–Crippen MR) is 148 cm³/mol. The van der Waals surface area contributed by atoms with Crippen LogP contribution in [-0.2, 0) is 17.6 Å². The molecule has 0 unspecified atom stereocenters. The standard InChI is InChI=1S/C26H24N4O2S3/c1-16(31)17-9-11-18(12-10-17)28-26(33)29-19-5-4-6-20(13-19)34-15-24(32)30-25-22(14-27)21-7-2-3-8-23(21)35-25/h4-6,9-13H,2-3,7-8,15H2,1H3,(H,30,32)(H2,28,29,33). The van der Waals surface area contributed by atoms with Gasteiger partial charge in [-0.2, -0.15) is 5.26 Å². The van der Waals surface area contributed by atoms with Crippen molar-refractivity contribution < 1.29 is 9.59 Å². The molecule has 1 heterocycles. The Bertz CT molecular complexity index is 1310. The number of aryl methyl sites for hydroxylation is 1. The van der Waals surface area contributed by atoms with Crippen LogP contribution in [0.15, 0.2) is 53.4 Å². The van der Waals surface area contributed by atoms with Crippen LogP contribution >= 0.6 is 35.3 Å². The minimum absolute atomic E-state index is 0.0141. The number of thiophene rings is 1. The topological polar surface area (TPSA) is 94.0 Å². The van der Waals surface area contributed by atoms with Crippen LogP contribution < -0.4 is 16.0 Å². The maximum atomic E-state index is 12.6. The fourth-order valence-electron chi connectivity index (χ4n) is 3.83. The zero-order valence-corrected chi connectivity index (χ0v) is 21.6. The molecule has 2 aromatic carbocycles. The second kappa shape index (κ2) is 11.5. The van der Waals surface area contributed by atoms with Gasteiger partial charge in [-0.3, -0.25) is 9.59 Å². The summed E-state index contributed by atoms with van der Waals surface area (Å²) in [6.45, 7) is 1.53. The number of thiocarbonyl (C=S) groups is 1. The van der Waals surface area contributed by atoms with E-state index in [9.17, 15) is 14.9 Å². The van der Waals surface area contributed by atoms with Crippen LogP contribution in [0, 0.1) is 11.3 Å². The number of thioether (sulfide) groups is 1. The van der Waals surface area contributed by atoms with Gasteiger partial charge in [0.25, 0.3) is 0 Å². The summed E-state index contributed by atoms with van der Waals surface area (Å²) in [5.41, 5.74) is 3.97. The molecular weight excluding hydrogens is 497 g/mol. The van der Waals surface area contributed by atoms with Gasteiger partial charge in [0.2, 0.25) is 5.91 Å². The van der Waals surface area contributed by atoms with Gasteiger partial charge in [0.05, 0.1) is 11.3 Å². The largest absolute Gasteiger partial charge is 0.332 e. The summed E-state index contributed by atoms with van der Waals surface area (Å²) >= 11 is 8.36. The number of hydrogen-bond acceptors (Lipinski definition) is 6. The Hall–Kier alpha value is -3.19. The number of amides is 1. The van der Waals surface area contributed by atoms with Crippen molar-refractivity contribution in [2.45, 2.75) is 37.5 Å². The van der Waals surface area contributed by atoms with Gasteiger partial charge in [-0.05, 0) is 92.9 Å². The number of nitrogens with one attached hydrogen (secondary N) is 3. The third kappa shape index (κ3) is 6.48. The van der Waals surface area contributed by atoms with Crippen LogP contribution in [-0.4, -0.2) is 22.6 Å². The van der Waals surface area contributed by atoms with Crippen molar-refractivity contribution in [1.29, 1.82) is 5.26 Å². The van der Waals surface area contributed by atoms with Gasteiger partial charge in [0.15, 0.2) is 10.9 Å². The number of carbonyl (C=O) groups is 2. The highest BCUT2D eigenvalue weighted by Crippen LogP contribution is 2.37. The number of benzene rings is 2. The summed E-state index contributed by atoms with van der Waals surface area (Å²) in [7, 11) is 0. The number of ketones is 1. The molecule has 3 N–H and O–H groups in total. The molecule has 1 aromatic heterocycles. The van der Waals surface area contributed by atoms with E-state index in [1.165, 1.54) is 34.9 Å². The van der Waals surface area contributed by atoms with E-state index in [4.69, 9.17) is 12.2 Å². The Labute approximate surface area is 218 Å². The molecule has 1 aliphatic rings. The molecule has 4 rings (SSSR count). The van der Waals surface area contributed by atoms with Crippen molar-refractivity contribution in [2.24, 2.45) is 0 Å². The summed E-state index contributed by atoms with van der Waals surface area (Å²) in [6.07, 6.45) is 4.13. The van der Waals surface area contributed by atoms with Crippen molar-refractivity contribution in [3.05, 3.63) is 70.1 Å². The number of anilines is 3. The molecule has 0 fully saturated rings. The van der Waals surface area contributed by atoms with Gasteiger partial charge in [0, 0.05) is 26.7 Å². The highest BCUT2D eigenvalue weighted by molar-refractivity contribution is 8.00. The highest BCUT2D eigenvalue weighted by Gasteiger charge is 2.21. The van der Waals surface area contributed by atoms with E-state index >= 15 is 0 Å².